The predicted octanol–water partition coefficient (Wildman–Crippen LogP) is 4.87. The second kappa shape index (κ2) is 9.25. The molecule has 0 aliphatic heterocycles. The van der Waals surface area contributed by atoms with E-state index >= 15 is 0 Å². The van der Waals surface area contributed by atoms with E-state index < -0.39 is 0 Å². The fourth-order valence-electron chi connectivity index (χ4n) is 4.47. The smallest absolute Gasteiger partial charge is 0.251 e. The Morgan fingerprint density at radius 2 is 1.41 bits per heavy atom. The lowest BCUT2D eigenvalue weighted by Crippen LogP contribution is -2.44. The highest BCUT2D eigenvalue weighted by atomic mass is 16.2. The Kier molecular flexibility index (Phi) is 6.28. The summed E-state index contributed by atoms with van der Waals surface area (Å²) in [5.74, 6) is 0.0458. The molecule has 0 aromatic heterocycles. The number of nitrogens with one attached hydrogen (secondary N) is 1. The standard InChI is InChI=1S/C25H30N2O2/c28-24(27(22-16-17-22)21-14-8-3-9-15-21)18-23(19-10-4-1-5-11-19)26-25(29)20-12-6-2-7-13-20/h1-2,4-7,10-13,21-23H,3,8-9,14-18H2,(H,26,29). The minimum absolute atomic E-state index is 0.136. The lowest BCUT2D eigenvalue weighted by Gasteiger charge is -2.35. The molecule has 2 aliphatic carbocycles. The van der Waals surface area contributed by atoms with Crippen molar-refractivity contribution in [1.82, 2.24) is 10.2 Å². The van der Waals surface area contributed by atoms with E-state index in [9.17, 15) is 9.59 Å². The number of nitrogens with zero attached hydrogens (tertiary/aromatic N) is 1. The summed E-state index contributed by atoms with van der Waals surface area (Å²) in [6, 6.07) is 19.5. The topological polar surface area (TPSA) is 49.4 Å². The van der Waals surface area contributed by atoms with Crippen molar-refractivity contribution in [3.05, 3.63) is 71.8 Å². The molecule has 0 bridgehead atoms. The zero-order chi connectivity index (χ0) is 20.1. The molecule has 1 unspecified atom stereocenters. The molecule has 0 saturated heterocycles. The van der Waals surface area contributed by atoms with Crippen LogP contribution >= 0.6 is 0 Å². The van der Waals surface area contributed by atoms with Gasteiger partial charge in [0.05, 0.1) is 12.5 Å². The summed E-state index contributed by atoms with van der Waals surface area (Å²) < 4.78 is 0. The number of amides is 2. The molecular formula is C25H30N2O2. The average Bonchev–Trinajstić information content (AvgIpc) is 3.60. The van der Waals surface area contributed by atoms with Gasteiger partial charge in [-0.2, -0.15) is 0 Å². The number of hydrogen-bond donors (Lipinski definition) is 1. The van der Waals surface area contributed by atoms with E-state index in [0.717, 1.165) is 31.2 Å². The van der Waals surface area contributed by atoms with Gasteiger partial charge in [0.25, 0.3) is 5.91 Å². The largest absolute Gasteiger partial charge is 0.345 e. The van der Waals surface area contributed by atoms with E-state index in [1.54, 1.807) is 12.1 Å². The third kappa shape index (κ3) is 5.06. The molecule has 1 atom stereocenters. The first-order chi connectivity index (χ1) is 14.2. The van der Waals surface area contributed by atoms with Gasteiger partial charge in [-0.3, -0.25) is 9.59 Å². The van der Waals surface area contributed by atoms with Gasteiger partial charge < -0.3 is 10.2 Å². The molecule has 2 aliphatic rings. The summed E-state index contributed by atoms with van der Waals surface area (Å²) in [6.45, 7) is 0. The molecule has 2 aromatic carbocycles. The number of carbonyl (C=O) groups is 2. The van der Waals surface area contributed by atoms with E-state index in [2.05, 4.69) is 10.2 Å². The Bertz CT molecular complexity index is 811. The van der Waals surface area contributed by atoms with Crippen molar-refractivity contribution >= 4 is 11.8 Å². The van der Waals surface area contributed by atoms with Crippen molar-refractivity contribution in [2.24, 2.45) is 0 Å². The molecule has 0 radical (unpaired) electrons. The molecule has 29 heavy (non-hydrogen) atoms. The van der Waals surface area contributed by atoms with Gasteiger partial charge in [-0.1, -0.05) is 67.8 Å². The summed E-state index contributed by atoms with van der Waals surface area (Å²) in [5, 5.41) is 3.11. The van der Waals surface area contributed by atoms with Gasteiger partial charge in [0.2, 0.25) is 5.91 Å². The Morgan fingerprint density at radius 1 is 0.828 bits per heavy atom. The van der Waals surface area contributed by atoms with E-state index in [0.29, 0.717) is 24.1 Å². The van der Waals surface area contributed by atoms with Crippen LogP contribution in [-0.4, -0.2) is 28.8 Å². The van der Waals surface area contributed by atoms with Crippen LogP contribution in [0.15, 0.2) is 60.7 Å². The van der Waals surface area contributed by atoms with Crippen LogP contribution in [0, 0.1) is 0 Å². The first-order valence-electron chi connectivity index (χ1n) is 10.9. The van der Waals surface area contributed by atoms with Crippen molar-refractivity contribution in [1.29, 1.82) is 0 Å². The number of carbonyl (C=O) groups excluding carboxylic acids is 2. The SMILES string of the molecule is O=C(NC(CC(=O)N(C1CCCCC1)C1CC1)c1ccccc1)c1ccccc1. The summed E-state index contributed by atoms with van der Waals surface area (Å²) in [6.07, 6.45) is 8.51. The fraction of sp³-hybridized carbons (Fsp3) is 0.440. The van der Waals surface area contributed by atoms with Crippen molar-refractivity contribution in [2.75, 3.05) is 0 Å². The van der Waals surface area contributed by atoms with E-state index in [-0.39, 0.29) is 17.9 Å². The second-order valence-corrected chi connectivity index (χ2v) is 8.33. The molecule has 2 saturated carbocycles. The van der Waals surface area contributed by atoms with Gasteiger partial charge in [0, 0.05) is 17.6 Å². The van der Waals surface area contributed by atoms with Gasteiger partial charge >= 0.3 is 0 Å². The monoisotopic (exact) mass is 390 g/mol. The van der Waals surface area contributed by atoms with E-state index in [1.807, 2.05) is 48.5 Å². The summed E-state index contributed by atoms with van der Waals surface area (Å²) in [4.78, 5) is 28.4. The maximum atomic E-state index is 13.4. The molecule has 0 spiro atoms. The van der Waals surface area contributed by atoms with Crippen LogP contribution in [0.4, 0.5) is 0 Å². The second-order valence-electron chi connectivity index (χ2n) is 8.33. The summed E-state index contributed by atoms with van der Waals surface area (Å²) in [7, 11) is 0. The van der Waals surface area contributed by atoms with Gasteiger partial charge in [0.15, 0.2) is 0 Å². The Morgan fingerprint density at radius 3 is 2.03 bits per heavy atom. The normalized spacial score (nSPS) is 18.1. The predicted molar refractivity (Wildman–Crippen MR) is 114 cm³/mol. The molecule has 152 valence electrons. The van der Waals surface area contributed by atoms with Crippen LogP contribution < -0.4 is 5.32 Å². The number of rotatable bonds is 7. The van der Waals surface area contributed by atoms with Crippen LogP contribution in [-0.2, 0) is 4.79 Å². The maximum absolute atomic E-state index is 13.4. The first kappa shape index (κ1) is 19.7. The van der Waals surface area contributed by atoms with Crippen LogP contribution in [0.2, 0.25) is 0 Å². The zero-order valence-electron chi connectivity index (χ0n) is 16.9. The van der Waals surface area contributed by atoms with Crippen LogP contribution in [0.3, 0.4) is 0 Å². The van der Waals surface area contributed by atoms with Crippen molar-refractivity contribution in [3.8, 4) is 0 Å². The van der Waals surface area contributed by atoms with Crippen LogP contribution in [0.5, 0.6) is 0 Å². The lowest BCUT2D eigenvalue weighted by atomic mass is 9.93. The molecule has 2 amide bonds. The Hall–Kier alpha value is -2.62. The highest BCUT2D eigenvalue weighted by molar-refractivity contribution is 5.94. The van der Waals surface area contributed by atoms with Gasteiger partial charge in [-0.25, -0.2) is 0 Å². The average molecular weight is 391 g/mol. The molecule has 0 heterocycles. The Balaban J connectivity index is 1.51. The Labute approximate surface area is 173 Å². The molecular weight excluding hydrogens is 360 g/mol. The fourth-order valence-corrected chi connectivity index (χ4v) is 4.47. The maximum Gasteiger partial charge on any atom is 0.251 e. The van der Waals surface area contributed by atoms with E-state index in [1.165, 1.54) is 19.3 Å². The van der Waals surface area contributed by atoms with Crippen molar-refractivity contribution < 1.29 is 9.59 Å². The van der Waals surface area contributed by atoms with Crippen molar-refractivity contribution in [3.63, 3.8) is 0 Å². The molecule has 2 aromatic rings. The lowest BCUT2D eigenvalue weighted by molar-refractivity contribution is -0.135. The zero-order valence-corrected chi connectivity index (χ0v) is 16.9. The number of hydrogen-bond acceptors (Lipinski definition) is 2. The molecule has 1 N–H and O–H groups in total. The number of benzene rings is 2. The van der Waals surface area contributed by atoms with Crippen molar-refractivity contribution in [2.45, 2.75) is 69.5 Å². The summed E-state index contributed by atoms with van der Waals surface area (Å²) in [5.41, 5.74) is 1.59. The molecule has 4 heteroatoms. The first-order valence-corrected chi connectivity index (χ1v) is 10.9. The third-order valence-corrected chi connectivity index (χ3v) is 6.12. The van der Waals surface area contributed by atoms with E-state index in [4.69, 9.17) is 0 Å². The van der Waals surface area contributed by atoms with Gasteiger partial charge in [-0.15, -0.1) is 0 Å². The molecule has 4 rings (SSSR count). The minimum atomic E-state index is -0.318. The van der Waals surface area contributed by atoms with Gasteiger partial charge in [-0.05, 0) is 43.4 Å². The highest BCUT2D eigenvalue weighted by Crippen LogP contribution is 2.35. The quantitative estimate of drug-likeness (QED) is 0.733. The molecule has 4 nitrogen and oxygen atoms in total. The molecule has 2 fully saturated rings. The van der Waals surface area contributed by atoms with Gasteiger partial charge in [0.1, 0.15) is 0 Å². The highest BCUT2D eigenvalue weighted by Gasteiger charge is 2.38. The summed E-state index contributed by atoms with van der Waals surface area (Å²) >= 11 is 0. The third-order valence-electron chi connectivity index (χ3n) is 6.12. The minimum Gasteiger partial charge on any atom is -0.345 e. The van der Waals surface area contributed by atoms with Crippen LogP contribution in [0.25, 0.3) is 0 Å². The van der Waals surface area contributed by atoms with Crippen LogP contribution in [0.1, 0.15) is 73.3 Å².